The highest BCUT2D eigenvalue weighted by Gasteiger charge is 2.32. The second-order valence-electron chi connectivity index (χ2n) is 12.3. The van der Waals surface area contributed by atoms with Crippen LogP contribution in [0.25, 0.3) is 0 Å². The van der Waals surface area contributed by atoms with Crippen LogP contribution in [0.5, 0.6) is 5.75 Å². The van der Waals surface area contributed by atoms with Gasteiger partial charge in [-0.05, 0) is 99.0 Å². The molecule has 2 atom stereocenters. The van der Waals surface area contributed by atoms with E-state index in [-0.39, 0.29) is 11.7 Å². The molecule has 4 rings (SSSR count). The van der Waals surface area contributed by atoms with Crippen LogP contribution in [-0.2, 0) is 0 Å². The SMILES string of the molecule is CCCCCC1CCC(C2CCC(c3ccc(OCC4C=CC(CCC)CC4)c(F)c3F)CC2)CC1. The van der Waals surface area contributed by atoms with E-state index in [2.05, 4.69) is 26.0 Å². The summed E-state index contributed by atoms with van der Waals surface area (Å²) < 4.78 is 35.8. The smallest absolute Gasteiger partial charge is 0.200 e. The first kappa shape index (κ1) is 27.6. The van der Waals surface area contributed by atoms with Gasteiger partial charge in [0.25, 0.3) is 0 Å². The molecule has 3 heteroatoms. The zero-order valence-corrected chi connectivity index (χ0v) is 23.0. The van der Waals surface area contributed by atoms with Crippen molar-refractivity contribution in [2.75, 3.05) is 6.61 Å². The third kappa shape index (κ3) is 7.35. The highest BCUT2D eigenvalue weighted by atomic mass is 19.2. The van der Waals surface area contributed by atoms with Crippen molar-refractivity contribution in [1.29, 1.82) is 0 Å². The fraction of sp³-hybridized carbons (Fsp3) is 0.758. The molecule has 2 unspecified atom stereocenters. The van der Waals surface area contributed by atoms with E-state index in [0.717, 1.165) is 43.4 Å². The number of hydrogen-bond acceptors (Lipinski definition) is 1. The van der Waals surface area contributed by atoms with E-state index < -0.39 is 11.6 Å². The Kier molecular flexibility index (Phi) is 10.7. The predicted molar refractivity (Wildman–Crippen MR) is 146 cm³/mol. The van der Waals surface area contributed by atoms with Crippen molar-refractivity contribution < 1.29 is 13.5 Å². The summed E-state index contributed by atoms with van der Waals surface area (Å²) in [5.74, 6) is 2.31. The monoisotopic (exact) mass is 500 g/mol. The summed E-state index contributed by atoms with van der Waals surface area (Å²) in [6.07, 6.45) is 24.6. The molecule has 0 aromatic heterocycles. The molecule has 0 heterocycles. The van der Waals surface area contributed by atoms with Gasteiger partial charge in [-0.2, -0.15) is 4.39 Å². The molecule has 0 amide bonds. The van der Waals surface area contributed by atoms with Gasteiger partial charge in [0.2, 0.25) is 5.82 Å². The zero-order chi connectivity index (χ0) is 25.3. The Balaban J connectivity index is 1.23. The maximum Gasteiger partial charge on any atom is 0.200 e. The Morgan fingerprint density at radius 3 is 2.00 bits per heavy atom. The average molecular weight is 501 g/mol. The first-order valence-corrected chi connectivity index (χ1v) is 15.4. The van der Waals surface area contributed by atoms with Crippen molar-refractivity contribution in [3.8, 4) is 5.75 Å². The zero-order valence-electron chi connectivity index (χ0n) is 23.0. The standard InChI is InChI=1S/C33H50F2O/c1-3-5-6-8-25-13-15-27(16-14-25)28-17-19-29(20-18-28)30-21-22-31(33(35)32(30)34)36-23-26-11-9-24(7-4-2)10-12-26/h9,11,21-22,24-29H,3-8,10,12-20,23H2,1-2H3. The number of hydrogen-bond donors (Lipinski definition) is 0. The Morgan fingerprint density at radius 2 is 1.36 bits per heavy atom. The average Bonchev–Trinajstić information content (AvgIpc) is 2.91. The number of benzene rings is 1. The number of ether oxygens (including phenoxy) is 1. The Labute approximate surface area is 219 Å². The van der Waals surface area contributed by atoms with E-state index >= 15 is 4.39 Å². The Bertz CT molecular complexity index is 817. The summed E-state index contributed by atoms with van der Waals surface area (Å²) in [5.41, 5.74) is 0.568. The quantitative estimate of drug-likeness (QED) is 0.217. The minimum absolute atomic E-state index is 0.0738. The summed E-state index contributed by atoms with van der Waals surface area (Å²) in [6, 6.07) is 3.47. The first-order chi connectivity index (χ1) is 17.6. The van der Waals surface area contributed by atoms with E-state index in [1.807, 2.05) is 0 Å². The lowest BCUT2D eigenvalue weighted by Gasteiger charge is -2.38. The van der Waals surface area contributed by atoms with Crippen molar-refractivity contribution in [2.24, 2.45) is 29.6 Å². The van der Waals surface area contributed by atoms with E-state index in [1.54, 1.807) is 12.1 Å². The van der Waals surface area contributed by atoms with Crippen LogP contribution >= 0.6 is 0 Å². The summed E-state index contributed by atoms with van der Waals surface area (Å²) in [7, 11) is 0. The van der Waals surface area contributed by atoms with E-state index in [9.17, 15) is 4.39 Å². The molecule has 0 saturated heterocycles. The largest absolute Gasteiger partial charge is 0.490 e. The van der Waals surface area contributed by atoms with Gasteiger partial charge in [0, 0.05) is 5.92 Å². The molecule has 0 radical (unpaired) electrons. The van der Waals surface area contributed by atoms with Crippen LogP contribution in [0, 0.1) is 41.2 Å². The molecule has 3 aliphatic carbocycles. The van der Waals surface area contributed by atoms with Crippen LogP contribution in [0.3, 0.4) is 0 Å². The van der Waals surface area contributed by atoms with Gasteiger partial charge >= 0.3 is 0 Å². The molecule has 1 aromatic carbocycles. The lowest BCUT2D eigenvalue weighted by molar-refractivity contribution is 0.155. The molecular formula is C33H50F2O. The predicted octanol–water partition coefficient (Wildman–Crippen LogP) is 10.4. The molecule has 0 aliphatic heterocycles. The minimum atomic E-state index is -0.792. The third-order valence-corrected chi connectivity index (χ3v) is 9.74. The van der Waals surface area contributed by atoms with Gasteiger partial charge in [-0.15, -0.1) is 0 Å². The lowest BCUT2D eigenvalue weighted by Crippen LogP contribution is -2.25. The maximum absolute atomic E-state index is 15.1. The fourth-order valence-electron chi connectivity index (χ4n) is 7.39. The number of allylic oxidation sites excluding steroid dienone is 1. The van der Waals surface area contributed by atoms with E-state index in [4.69, 9.17) is 4.74 Å². The van der Waals surface area contributed by atoms with Gasteiger partial charge in [-0.1, -0.05) is 77.0 Å². The van der Waals surface area contributed by atoms with Crippen molar-refractivity contribution in [1.82, 2.24) is 0 Å². The molecule has 1 aromatic rings. The number of halogens is 2. The van der Waals surface area contributed by atoms with Gasteiger partial charge in [0.1, 0.15) is 0 Å². The summed E-state index contributed by atoms with van der Waals surface area (Å²) in [6.45, 7) is 4.93. The van der Waals surface area contributed by atoms with Crippen LogP contribution in [0.15, 0.2) is 24.3 Å². The molecule has 0 bridgehead atoms. The van der Waals surface area contributed by atoms with Gasteiger partial charge in [-0.25, -0.2) is 4.39 Å². The van der Waals surface area contributed by atoms with Gasteiger partial charge in [0.15, 0.2) is 11.6 Å². The fourth-order valence-corrected chi connectivity index (χ4v) is 7.39. The highest BCUT2D eigenvalue weighted by molar-refractivity contribution is 5.33. The molecule has 36 heavy (non-hydrogen) atoms. The second kappa shape index (κ2) is 14.0. The van der Waals surface area contributed by atoms with Crippen molar-refractivity contribution in [3.63, 3.8) is 0 Å². The van der Waals surface area contributed by atoms with Crippen LogP contribution in [0.2, 0.25) is 0 Å². The number of unbranched alkanes of at least 4 members (excludes halogenated alkanes) is 2. The molecule has 3 aliphatic rings. The van der Waals surface area contributed by atoms with Crippen molar-refractivity contribution in [3.05, 3.63) is 41.5 Å². The van der Waals surface area contributed by atoms with Crippen molar-refractivity contribution in [2.45, 2.75) is 122 Å². The third-order valence-electron chi connectivity index (χ3n) is 9.74. The normalized spacial score (nSPS) is 30.9. The molecule has 0 N–H and O–H groups in total. The van der Waals surface area contributed by atoms with E-state index in [0.29, 0.717) is 24.0 Å². The van der Waals surface area contributed by atoms with Gasteiger partial charge in [-0.3, -0.25) is 0 Å². The Hall–Kier alpha value is -1.38. The van der Waals surface area contributed by atoms with Crippen molar-refractivity contribution >= 4 is 0 Å². The Morgan fingerprint density at radius 1 is 0.694 bits per heavy atom. The second-order valence-corrected chi connectivity index (χ2v) is 12.3. The van der Waals surface area contributed by atoms with Gasteiger partial charge in [0.05, 0.1) is 6.61 Å². The molecule has 2 fully saturated rings. The summed E-state index contributed by atoms with van der Waals surface area (Å²) in [4.78, 5) is 0. The maximum atomic E-state index is 15.1. The lowest BCUT2D eigenvalue weighted by atomic mass is 9.68. The van der Waals surface area contributed by atoms with Crippen LogP contribution in [0.1, 0.15) is 128 Å². The molecule has 202 valence electrons. The first-order valence-electron chi connectivity index (χ1n) is 15.4. The van der Waals surface area contributed by atoms with Crippen LogP contribution < -0.4 is 4.74 Å². The topological polar surface area (TPSA) is 9.23 Å². The molecule has 2 saturated carbocycles. The summed E-state index contributed by atoms with van der Waals surface area (Å²) in [5, 5.41) is 0. The molecule has 1 nitrogen and oxygen atoms in total. The summed E-state index contributed by atoms with van der Waals surface area (Å²) >= 11 is 0. The van der Waals surface area contributed by atoms with Gasteiger partial charge < -0.3 is 4.74 Å². The molecular weight excluding hydrogens is 450 g/mol. The molecule has 0 spiro atoms. The van der Waals surface area contributed by atoms with E-state index in [1.165, 1.54) is 77.0 Å². The highest BCUT2D eigenvalue weighted by Crippen LogP contribution is 2.45. The van der Waals surface area contributed by atoms with Crippen LogP contribution in [0.4, 0.5) is 8.78 Å². The number of rotatable bonds is 11. The van der Waals surface area contributed by atoms with Crippen LogP contribution in [-0.4, -0.2) is 6.61 Å². The minimum Gasteiger partial charge on any atom is -0.490 e.